The van der Waals surface area contributed by atoms with Gasteiger partial charge in [0.1, 0.15) is 0 Å². The van der Waals surface area contributed by atoms with Crippen LogP contribution in [0.2, 0.25) is 0 Å². The molecule has 0 fully saturated rings. The highest BCUT2D eigenvalue weighted by molar-refractivity contribution is 5.83. The van der Waals surface area contributed by atoms with E-state index in [1.165, 1.54) is 16.5 Å². The molecule has 0 spiro atoms. The van der Waals surface area contributed by atoms with Crippen LogP contribution in [0.4, 0.5) is 0 Å². The van der Waals surface area contributed by atoms with Gasteiger partial charge in [0, 0.05) is 37.2 Å². The first-order chi connectivity index (χ1) is 9.52. The van der Waals surface area contributed by atoms with E-state index >= 15 is 0 Å². The third-order valence-corrected chi connectivity index (χ3v) is 3.77. The number of carboxylic acids is 1. The summed E-state index contributed by atoms with van der Waals surface area (Å²) >= 11 is 0. The summed E-state index contributed by atoms with van der Waals surface area (Å²) in [6.07, 6.45) is 2.14. The number of aromatic nitrogens is 1. The normalized spacial score (nSPS) is 13.0. The summed E-state index contributed by atoms with van der Waals surface area (Å²) in [5, 5.41) is 10.3. The first-order valence-electron chi connectivity index (χ1n) is 7.01. The van der Waals surface area contributed by atoms with Crippen molar-refractivity contribution in [2.75, 3.05) is 13.1 Å². The van der Waals surface area contributed by atoms with Gasteiger partial charge in [-0.25, -0.2) is 0 Å². The molecular formula is C16H22N2O2. The Morgan fingerprint density at radius 2 is 2.10 bits per heavy atom. The van der Waals surface area contributed by atoms with Crippen molar-refractivity contribution in [1.82, 2.24) is 9.47 Å². The van der Waals surface area contributed by atoms with Crippen molar-refractivity contribution >= 4 is 16.9 Å². The van der Waals surface area contributed by atoms with Gasteiger partial charge in [-0.05, 0) is 18.2 Å². The van der Waals surface area contributed by atoms with E-state index in [4.69, 9.17) is 5.11 Å². The minimum Gasteiger partial charge on any atom is -0.481 e. The quantitative estimate of drug-likeness (QED) is 0.881. The van der Waals surface area contributed by atoms with Crippen LogP contribution in [0.3, 0.4) is 0 Å². The van der Waals surface area contributed by atoms with Crippen molar-refractivity contribution in [3.05, 3.63) is 36.0 Å². The van der Waals surface area contributed by atoms with Crippen molar-refractivity contribution in [1.29, 1.82) is 0 Å². The van der Waals surface area contributed by atoms with E-state index in [0.29, 0.717) is 6.54 Å². The molecule has 0 aliphatic rings. The van der Waals surface area contributed by atoms with Gasteiger partial charge in [-0.1, -0.05) is 32.0 Å². The molecule has 1 heterocycles. The van der Waals surface area contributed by atoms with Crippen molar-refractivity contribution in [3.63, 3.8) is 0 Å². The van der Waals surface area contributed by atoms with E-state index in [2.05, 4.69) is 34.7 Å². The molecule has 108 valence electrons. The van der Waals surface area contributed by atoms with Crippen LogP contribution < -0.4 is 0 Å². The van der Waals surface area contributed by atoms with Crippen LogP contribution >= 0.6 is 0 Å². The fourth-order valence-corrected chi connectivity index (χ4v) is 2.56. The molecule has 1 aromatic heterocycles. The molecule has 0 aliphatic heterocycles. The summed E-state index contributed by atoms with van der Waals surface area (Å²) < 4.78 is 2.12. The predicted octanol–water partition coefficient (Wildman–Crippen LogP) is 2.72. The Morgan fingerprint density at radius 1 is 1.40 bits per heavy atom. The number of benzene rings is 1. The van der Waals surface area contributed by atoms with Gasteiger partial charge in [-0.2, -0.15) is 0 Å². The van der Waals surface area contributed by atoms with Crippen LogP contribution in [0.15, 0.2) is 30.5 Å². The minimum atomic E-state index is -0.735. The largest absolute Gasteiger partial charge is 0.481 e. The van der Waals surface area contributed by atoms with Crippen LogP contribution in [0.1, 0.15) is 19.4 Å². The molecule has 0 radical (unpaired) electrons. The smallest absolute Gasteiger partial charge is 0.307 e. The maximum Gasteiger partial charge on any atom is 0.307 e. The zero-order valence-corrected chi connectivity index (χ0v) is 12.3. The lowest BCUT2D eigenvalue weighted by atomic mass is 10.1. The Labute approximate surface area is 119 Å². The zero-order valence-electron chi connectivity index (χ0n) is 12.3. The molecule has 1 atom stereocenters. The summed E-state index contributed by atoms with van der Waals surface area (Å²) in [4.78, 5) is 13.2. The van der Waals surface area contributed by atoms with Crippen LogP contribution in [-0.4, -0.2) is 33.6 Å². The van der Waals surface area contributed by atoms with Crippen LogP contribution in [0.5, 0.6) is 0 Å². The molecule has 0 amide bonds. The second-order valence-corrected chi connectivity index (χ2v) is 5.35. The van der Waals surface area contributed by atoms with Gasteiger partial charge in [-0.15, -0.1) is 0 Å². The molecule has 0 saturated heterocycles. The third-order valence-electron chi connectivity index (χ3n) is 3.77. The Morgan fingerprint density at radius 3 is 2.75 bits per heavy atom. The Balaban J connectivity index is 2.19. The number of carbonyl (C=O) groups is 1. The summed E-state index contributed by atoms with van der Waals surface area (Å²) in [6.45, 7) is 6.04. The van der Waals surface area contributed by atoms with Crippen LogP contribution in [0, 0.1) is 5.92 Å². The number of hydrogen-bond donors (Lipinski definition) is 1. The van der Waals surface area contributed by atoms with Crippen molar-refractivity contribution in [2.24, 2.45) is 13.0 Å². The maximum atomic E-state index is 11.0. The molecule has 0 bridgehead atoms. The third kappa shape index (κ3) is 3.02. The SMILES string of the molecule is CCN(Cc1cn(C)c2ccccc12)CC(C)C(=O)O. The lowest BCUT2D eigenvalue weighted by Crippen LogP contribution is -2.31. The number of para-hydroxylation sites is 1. The molecule has 0 aliphatic carbocycles. The average Bonchev–Trinajstić information content (AvgIpc) is 2.75. The molecule has 4 nitrogen and oxygen atoms in total. The molecular weight excluding hydrogens is 252 g/mol. The molecule has 4 heteroatoms. The van der Waals surface area contributed by atoms with Gasteiger partial charge >= 0.3 is 5.97 Å². The highest BCUT2D eigenvalue weighted by Gasteiger charge is 2.16. The summed E-state index contributed by atoms with van der Waals surface area (Å²) in [7, 11) is 2.04. The Kier molecular flexibility index (Phi) is 4.45. The van der Waals surface area contributed by atoms with Gasteiger partial charge in [0.15, 0.2) is 0 Å². The monoisotopic (exact) mass is 274 g/mol. The van der Waals surface area contributed by atoms with Gasteiger partial charge in [0.05, 0.1) is 5.92 Å². The number of aryl methyl sites for hydroxylation is 1. The molecule has 2 rings (SSSR count). The second kappa shape index (κ2) is 6.09. The Bertz CT molecular complexity index is 604. The highest BCUT2D eigenvalue weighted by Crippen LogP contribution is 2.22. The summed E-state index contributed by atoms with van der Waals surface area (Å²) in [6, 6.07) is 8.31. The zero-order chi connectivity index (χ0) is 14.7. The van der Waals surface area contributed by atoms with E-state index in [1.54, 1.807) is 6.92 Å². The highest BCUT2D eigenvalue weighted by atomic mass is 16.4. The van der Waals surface area contributed by atoms with Crippen molar-refractivity contribution in [3.8, 4) is 0 Å². The number of aliphatic carboxylic acids is 1. The first-order valence-corrected chi connectivity index (χ1v) is 7.01. The fraction of sp³-hybridized carbons (Fsp3) is 0.438. The topological polar surface area (TPSA) is 45.5 Å². The molecule has 0 saturated carbocycles. The number of carboxylic acid groups (broad SMARTS) is 1. The molecule has 1 aromatic carbocycles. The second-order valence-electron chi connectivity index (χ2n) is 5.35. The van der Waals surface area contributed by atoms with E-state index in [0.717, 1.165) is 13.1 Å². The lowest BCUT2D eigenvalue weighted by Gasteiger charge is -2.22. The van der Waals surface area contributed by atoms with Gasteiger partial charge in [-0.3, -0.25) is 9.69 Å². The molecule has 1 N–H and O–H groups in total. The van der Waals surface area contributed by atoms with Crippen LogP contribution in [-0.2, 0) is 18.4 Å². The number of nitrogens with zero attached hydrogens (tertiary/aromatic N) is 2. The molecule has 2 aromatic rings. The van der Waals surface area contributed by atoms with Gasteiger partial charge < -0.3 is 9.67 Å². The number of rotatable bonds is 6. The van der Waals surface area contributed by atoms with E-state index in [9.17, 15) is 4.79 Å². The predicted molar refractivity (Wildman–Crippen MR) is 80.7 cm³/mol. The summed E-state index contributed by atoms with van der Waals surface area (Å²) in [5.74, 6) is -1.08. The van der Waals surface area contributed by atoms with Gasteiger partial charge in [0.2, 0.25) is 0 Å². The maximum absolute atomic E-state index is 11.0. The average molecular weight is 274 g/mol. The first kappa shape index (κ1) is 14.6. The van der Waals surface area contributed by atoms with Crippen LogP contribution in [0.25, 0.3) is 10.9 Å². The summed E-state index contributed by atoms with van der Waals surface area (Å²) in [5.41, 5.74) is 2.47. The van der Waals surface area contributed by atoms with Crippen molar-refractivity contribution in [2.45, 2.75) is 20.4 Å². The number of fused-ring (bicyclic) bond motifs is 1. The van der Waals surface area contributed by atoms with Crippen molar-refractivity contribution < 1.29 is 9.90 Å². The Hall–Kier alpha value is -1.81. The number of hydrogen-bond acceptors (Lipinski definition) is 2. The fourth-order valence-electron chi connectivity index (χ4n) is 2.56. The van der Waals surface area contributed by atoms with E-state index < -0.39 is 5.97 Å². The van der Waals surface area contributed by atoms with E-state index in [1.807, 2.05) is 19.2 Å². The lowest BCUT2D eigenvalue weighted by molar-refractivity contribution is -0.141. The minimum absolute atomic E-state index is 0.343. The molecule has 1 unspecified atom stereocenters. The van der Waals surface area contributed by atoms with Gasteiger partial charge in [0.25, 0.3) is 0 Å². The standard InChI is InChI=1S/C16H22N2O2/c1-4-18(9-12(2)16(19)20)11-13-10-17(3)15-8-6-5-7-14(13)15/h5-8,10,12H,4,9,11H2,1-3H3,(H,19,20). The molecule has 20 heavy (non-hydrogen) atoms. The van der Waals surface area contributed by atoms with E-state index in [-0.39, 0.29) is 5.92 Å².